The van der Waals surface area contributed by atoms with Gasteiger partial charge in [0.25, 0.3) is 11.8 Å². The van der Waals surface area contributed by atoms with E-state index in [0.717, 1.165) is 24.3 Å². The third-order valence-corrected chi connectivity index (χ3v) is 4.78. The van der Waals surface area contributed by atoms with Gasteiger partial charge in [0.1, 0.15) is 11.4 Å². The van der Waals surface area contributed by atoms with Crippen molar-refractivity contribution in [2.45, 2.75) is 30.3 Å². The number of nitrogens with zero attached hydrogens (tertiary/aromatic N) is 1. The zero-order chi connectivity index (χ0) is 18.2. The molecule has 2 aromatic carbocycles. The summed E-state index contributed by atoms with van der Waals surface area (Å²) in [6.07, 6.45) is -2.21. The van der Waals surface area contributed by atoms with Crippen LogP contribution in [0.1, 0.15) is 35.1 Å². The van der Waals surface area contributed by atoms with Gasteiger partial charge in [-0.15, -0.1) is 0 Å². The van der Waals surface area contributed by atoms with Crippen LogP contribution in [0, 0.1) is 17.1 Å². The minimum atomic E-state index is -3.46. The van der Waals surface area contributed by atoms with E-state index in [1.54, 1.807) is 6.07 Å². The molecule has 0 amide bonds. The van der Waals surface area contributed by atoms with Gasteiger partial charge in [0.05, 0.1) is 11.6 Å². The van der Waals surface area contributed by atoms with Crippen molar-refractivity contribution in [1.29, 1.82) is 5.26 Å². The quantitative estimate of drug-likeness (QED) is 0.767. The Kier molecular flexibility index (Phi) is 2.94. The number of hydrogen-bond acceptors (Lipinski definition) is 2. The van der Waals surface area contributed by atoms with Crippen molar-refractivity contribution in [3.63, 3.8) is 0 Å². The summed E-state index contributed by atoms with van der Waals surface area (Å²) in [5.74, 6) is -7.70. The summed E-state index contributed by atoms with van der Waals surface area (Å²) in [7, 11) is 0. The maximum absolute atomic E-state index is 14.3. The lowest BCUT2D eigenvalue weighted by atomic mass is 9.94. The van der Waals surface area contributed by atoms with E-state index in [9.17, 15) is 27.1 Å². The van der Waals surface area contributed by atoms with Crippen molar-refractivity contribution in [3.05, 3.63) is 58.4 Å². The number of aliphatic hydroxyl groups is 1. The number of alkyl halides is 4. The average Bonchev–Trinajstić information content (AvgIpc) is 2.83. The Morgan fingerprint density at radius 2 is 1.40 bits per heavy atom. The van der Waals surface area contributed by atoms with Crippen LogP contribution in [0.2, 0.25) is 0 Å². The Balaban J connectivity index is 2.01. The fourth-order valence-corrected chi connectivity index (χ4v) is 3.87. The zero-order valence-electron chi connectivity index (χ0n) is 12.6. The van der Waals surface area contributed by atoms with Gasteiger partial charge in [-0.2, -0.15) is 5.26 Å². The molecule has 4 rings (SSSR count). The molecule has 0 saturated carbocycles. The van der Waals surface area contributed by atoms with E-state index in [4.69, 9.17) is 5.26 Å². The summed E-state index contributed by atoms with van der Waals surface area (Å²) in [4.78, 5) is 0. The number of benzene rings is 2. The number of nitriles is 1. The highest BCUT2D eigenvalue weighted by atomic mass is 19.3. The van der Waals surface area contributed by atoms with Gasteiger partial charge in [-0.3, -0.25) is 0 Å². The van der Waals surface area contributed by atoms with E-state index < -0.39 is 52.8 Å². The second-order valence-corrected chi connectivity index (χ2v) is 6.58. The molecule has 0 fully saturated rings. The highest BCUT2D eigenvalue weighted by Crippen LogP contribution is 2.63. The molecule has 7 heteroatoms. The van der Waals surface area contributed by atoms with Gasteiger partial charge in [-0.05, 0) is 41.5 Å². The van der Waals surface area contributed by atoms with Crippen LogP contribution >= 0.6 is 0 Å². The first-order chi connectivity index (χ1) is 11.6. The number of hydrogen-bond donors (Lipinski definition) is 1. The van der Waals surface area contributed by atoms with Gasteiger partial charge in [0, 0.05) is 29.5 Å². The molecule has 0 bridgehead atoms. The van der Waals surface area contributed by atoms with Gasteiger partial charge >= 0.3 is 0 Å². The van der Waals surface area contributed by atoms with Gasteiger partial charge in [0.15, 0.2) is 0 Å². The third kappa shape index (κ3) is 2.17. The molecule has 1 N–H and O–H groups in total. The first kappa shape index (κ1) is 16.0. The highest BCUT2D eigenvalue weighted by Gasteiger charge is 2.64. The Bertz CT molecular complexity index is 921. The molecule has 0 atom stereocenters. The lowest BCUT2D eigenvalue weighted by Crippen LogP contribution is -2.25. The first-order valence-corrected chi connectivity index (χ1v) is 7.44. The largest absolute Gasteiger partial charge is 0.385 e. The molecule has 2 aromatic rings. The summed E-state index contributed by atoms with van der Waals surface area (Å²) in [6.45, 7) is 0. The van der Waals surface area contributed by atoms with E-state index in [-0.39, 0.29) is 16.7 Å². The van der Waals surface area contributed by atoms with Crippen molar-refractivity contribution in [2.24, 2.45) is 0 Å². The summed E-state index contributed by atoms with van der Waals surface area (Å²) < 4.78 is 70.8. The van der Waals surface area contributed by atoms with Crippen LogP contribution in [-0.2, 0) is 17.4 Å². The van der Waals surface area contributed by atoms with E-state index in [2.05, 4.69) is 0 Å². The summed E-state index contributed by atoms with van der Waals surface area (Å²) in [6, 6.07) is 6.90. The fourth-order valence-electron chi connectivity index (χ4n) is 3.87. The highest BCUT2D eigenvalue weighted by molar-refractivity contribution is 5.71. The maximum Gasteiger partial charge on any atom is 0.276 e. The van der Waals surface area contributed by atoms with Crippen LogP contribution in [0.4, 0.5) is 22.0 Å². The zero-order valence-corrected chi connectivity index (χ0v) is 12.6. The standard InChI is InChI=1S/C18H10F5NO/c19-12-2-9(6-24)1-10(3-12)11-4-13-15-14(5-11)18(22,23)8-16(15,25)7-17(13,20)21/h1-5,25H,7-8H2. The lowest BCUT2D eigenvalue weighted by Gasteiger charge is -2.20. The summed E-state index contributed by atoms with van der Waals surface area (Å²) in [5, 5.41) is 19.2. The SMILES string of the molecule is N#Cc1cc(F)cc(-c2cc3c4c(c2)C(F)(F)CC4(O)CC3(F)F)c1. The molecule has 2 nitrogen and oxygen atoms in total. The van der Waals surface area contributed by atoms with Crippen LogP contribution in [0.25, 0.3) is 11.1 Å². The first-order valence-electron chi connectivity index (χ1n) is 7.44. The minimum Gasteiger partial charge on any atom is -0.385 e. The van der Waals surface area contributed by atoms with Crippen molar-refractivity contribution in [1.82, 2.24) is 0 Å². The summed E-state index contributed by atoms with van der Waals surface area (Å²) >= 11 is 0. The Morgan fingerprint density at radius 1 is 0.880 bits per heavy atom. The fraction of sp³-hybridized carbons (Fsp3) is 0.278. The Morgan fingerprint density at radius 3 is 1.92 bits per heavy atom. The normalized spacial score (nSPS) is 21.0. The van der Waals surface area contributed by atoms with Crippen LogP contribution in [0.5, 0.6) is 0 Å². The van der Waals surface area contributed by atoms with Crippen molar-refractivity contribution in [3.8, 4) is 17.2 Å². The molecule has 2 aliphatic rings. The van der Waals surface area contributed by atoms with E-state index in [0.29, 0.717) is 0 Å². The molecule has 128 valence electrons. The van der Waals surface area contributed by atoms with Crippen LogP contribution < -0.4 is 0 Å². The topological polar surface area (TPSA) is 44.0 Å². The second-order valence-electron chi connectivity index (χ2n) is 6.58. The second kappa shape index (κ2) is 4.58. The van der Waals surface area contributed by atoms with Gasteiger partial charge < -0.3 is 5.11 Å². The van der Waals surface area contributed by atoms with Crippen LogP contribution in [0.3, 0.4) is 0 Å². The minimum absolute atomic E-state index is 0.0459. The molecule has 0 aromatic heterocycles. The Labute approximate surface area is 139 Å². The van der Waals surface area contributed by atoms with Gasteiger partial charge in [-0.1, -0.05) is 0 Å². The van der Waals surface area contributed by atoms with E-state index in [1.165, 1.54) is 6.07 Å². The van der Waals surface area contributed by atoms with Crippen molar-refractivity contribution < 1.29 is 27.1 Å². The molecule has 25 heavy (non-hydrogen) atoms. The molecule has 0 heterocycles. The van der Waals surface area contributed by atoms with Crippen LogP contribution in [0.15, 0.2) is 30.3 Å². The van der Waals surface area contributed by atoms with Gasteiger partial charge in [0.2, 0.25) is 0 Å². The predicted octanol–water partition coefficient (Wildman–Crippen LogP) is 4.54. The molecule has 0 radical (unpaired) electrons. The Hall–Kier alpha value is -2.46. The molecular formula is C18H10F5NO. The molecule has 0 aliphatic heterocycles. The number of halogens is 5. The smallest absolute Gasteiger partial charge is 0.276 e. The predicted molar refractivity (Wildman–Crippen MR) is 77.5 cm³/mol. The van der Waals surface area contributed by atoms with Crippen molar-refractivity contribution in [2.75, 3.05) is 0 Å². The lowest BCUT2D eigenvalue weighted by molar-refractivity contribution is -0.112. The molecule has 0 saturated heterocycles. The maximum atomic E-state index is 14.3. The van der Waals surface area contributed by atoms with Crippen LogP contribution in [-0.4, -0.2) is 5.11 Å². The molecule has 0 spiro atoms. The average molecular weight is 351 g/mol. The summed E-state index contributed by atoms with van der Waals surface area (Å²) in [5.41, 5.74) is -4.08. The molecule has 2 aliphatic carbocycles. The molecular weight excluding hydrogens is 341 g/mol. The number of rotatable bonds is 1. The van der Waals surface area contributed by atoms with E-state index in [1.807, 2.05) is 0 Å². The van der Waals surface area contributed by atoms with Crippen molar-refractivity contribution >= 4 is 0 Å². The van der Waals surface area contributed by atoms with E-state index >= 15 is 0 Å². The van der Waals surface area contributed by atoms with Gasteiger partial charge in [-0.25, -0.2) is 22.0 Å². The third-order valence-electron chi connectivity index (χ3n) is 4.78. The monoisotopic (exact) mass is 351 g/mol. The molecule has 0 unspecified atom stereocenters.